The predicted octanol–water partition coefficient (Wildman–Crippen LogP) is 3.05. The van der Waals surface area contributed by atoms with Crippen LogP contribution in [0.25, 0.3) is 0 Å². The molecule has 0 saturated heterocycles. The fourth-order valence-corrected chi connectivity index (χ4v) is 1.78. The van der Waals surface area contributed by atoms with Crippen LogP contribution in [0.15, 0.2) is 24.3 Å². The quantitative estimate of drug-likeness (QED) is 0.540. The highest BCUT2D eigenvalue weighted by Crippen LogP contribution is 2.12. The highest BCUT2D eigenvalue weighted by molar-refractivity contribution is 5.97. The van der Waals surface area contributed by atoms with Crippen molar-refractivity contribution in [2.24, 2.45) is 0 Å². The molecular weight excluding hydrogens is 226 g/mol. The highest BCUT2D eigenvalue weighted by Gasteiger charge is 2.05. The minimum atomic E-state index is 0.115. The molecule has 0 bridgehead atoms. The van der Waals surface area contributed by atoms with Crippen molar-refractivity contribution in [3.63, 3.8) is 0 Å². The number of ether oxygens (including phenoxy) is 1. The van der Waals surface area contributed by atoms with E-state index in [0.717, 1.165) is 18.7 Å². The van der Waals surface area contributed by atoms with Crippen molar-refractivity contribution in [1.82, 2.24) is 5.32 Å². The molecule has 1 aromatic carbocycles. The van der Waals surface area contributed by atoms with Crippen LogP contribution < -0.4 is 10.1 Å². The van der Waals surface area contributed by atoms with Crippen LogP contribution in [-0.2, 0) is 0 Å². The van der Waals surface area contributed by atoms with Gasteiger partial charge in [-0.05, 0) is 25.1 Å². The monoisotopic (exact) mass is 249 g/mol. The average Bonchev–Trinajstić information content (AvgIpc) is 2.42. The Bertz CT molecular complexity index is 363. The Morgan fingerprint density at radius 2 is 2.11 bits per heavy atom. The molecule has 0 heterocycles. The lowest BCUT2D eigenvalue weighted by molar-refractivity contribution is 0.0991. The second-order valence-corrected chi connectivity index (χ2v) is 4.39. The number of nitrogens with one attached hydrogen (secondary N) is 1. The first-order valence-corrected chi connectivity index (χ1v) is 6.66. The molecule has 1 N–H and O–H groups in total. The lowest BCUT2D eigenvalue weighted by Crippen LogP contribution is -2.24. The average molecular weight is 249 g/mol. The van der Waals surface area contributed by atoms with Gasteiger partial charge in [-0.25, -0.2) is 0 Å². The molecule has 0 spiro atoms. The van der Waals surface area contributed by atoms with Crippen LogP contribution in [0, 0.1) is 0 Å². The Kier molecular flexibility index (Phi) is 7.11. The normalized spacial score (nSPS) is 10.3. The number of hydrogen-bond donors (Lipinski definition) is 1. The van der Waals surface area contributed by atoms with Gasteiger partial charge in [-0.3, -0.25) is 4.79 Å². The first-order chi connectivity index (χ1) is 8.77. The van der Waals surface area contributed by atoms with Gasteiger partial charge >= 0.3 is 0 Å². The predicted molar refractivity (Wildman–Crippen MR) is 74.3 cm³/mol. The minimum absolute atomic E-state index is 0.115. The molecule has 1 rings (SSSR count). The van der Waals surface area contributed by atoms with E-state index in [9.17, 15) is 4.79 Å². The molecule has 3 nitrogen and oxygen atoms in total. The second kappa shape index (κ2) is 8.70. The third-order valence-corrected chi connectivity index (χ3v) is 2.88. The molecule has 0 unspecified atom stereocenters. The molecule has 0 fully saturated rings. The maximum absolute atomic E-state index is 11.9. The molecule has 1 aromatic rings. The molecule has 3 heteroatoms. The highest BCUT2D eigenvalue weighted by atomic mass is 16.5. The van der Waals surface area contributed by atoms with Gasteiger partial charge in [0.25, 0.3) is 0 Å². The molecule has 0 saturated carbocycles. The fourth-order valence-electron chi connectivity index (χ4n) is 1.78. The van der Waals surface area contributed by atoms with Crippen molar-refractivity contribution < 1.29 is 9.53 Å². The Balaban J connectivity index is 2.27. The van der Waals surface area contributed by atoms with Crippen LogP contribution in [0.5, 0.6) is 5.75 Å². The SMILES string of the molecule is CCCCCCNCC(=O)c1cccc(OC)c1. The third-order valence-electron chi connectivity index (χ3n) is 2.88. The molecule has 0 aliphatic carbocycles. The van der Waals surface area contributed by atoms with E-state index in [1.54, 1.807) is 13.2 Å². The van der Waals surface area contributed by atoms with Gasteiger partial charge in [-0.15, -0.1) is 0 Å². The van der Waals surface area contributed by atoms with E-state index in [1.165, 1.54) is 19.3 Å². The summed E-state index contributed by atoms with van der Waals surface area (Å²) in [7, 11) is 1.61. The van der Waals surface area contributed by atoms with Gasteiger partial charge in [0.15, 0.2) is 5.78 Å². The zero-order valence-corrected chi connectivity index (χ0v) is 11.4. The largest absolute Gasteiger partial charge is 0.497 e. The fraction of sp³-hybridized carbons (Fsp3) is 0.533. The zero-order valence-electron chi connectivity index (χ0n) is 11.4. The van der Waals surface area contributed by atoms with Crippen molar-refractivity contribution >= 4 is 5.78 Å². The van der Waals surface area contributed by atoms with Crippen LogP contribution >= 0.6 is 0 Å². The van der Waals surface area contributed by atoms with E-state index in [-0.39, 0.29) is 5.78 Å². The number of Topliss-reactive ketones (excluding diaryl/α,β-unsaturated/α-hetero) is 1. The number of benzene rings is 1. The van der Waals surface area contributed by atoms with Gasteiger partial charge in [0, 0.05) is 5.56 Å². The summed E-state index contributed by atoms with van der Waals surface area (Å²) in [4.78, 5) is 11.9. The van der Waals surface area contributed by atoms with Gasteiger partial charge < -0.3 is 10.1 Å². The van der Waals surface area contributed by atoms with Crippen molar-refractivity contribution in [3.05, 3.63) is 29.8 Å². The number of hydrogen-bond acceptors (Lipinski definition) is 3. The van der Waals surface area contributed by atoms with Crippen molar-refractivity contribution in [3.8, 4) is 5.75 Å². The van der Waals surface area contributed by atoms with Crippen molar-refractivity contribution in [2.45, 2.75) is 32.6 Å². The first kappa shape index (κ1) is 14.7. The number of ketones is 1. The Hall–Kier alpha value is -1.35. The van der Waals surface area contributed by atoms with E-state index < -0.39 is 0 Å². The topological polar surface area (TPSA) is 38.3 Å². The number of methoxy groups -OCH3 is 1. The third kappa shape index (κ3) is 5.32. The molecule has 0 aliphatic heterocycles. The molecule has 18 heavy (non-hydrogen) atoms. The molecular formula is C15H23NO2. The maximum Gasteiger partial charge on any atom is 0.176 e. The maximum atomic E-state index is 11.9. The molecule has 100 valence electrons. The molecule has 0 amide bonds. The summed E-state index contributed by atoms with van der Waals surface area (Å²) in [6, 6.07) is 7.28. The van der Waals surface area contributed by atoms with Crippen LogP contribution in [0.1, 0.15) is 43.0 Å². The van der Waals surface area contributed by atoms with E-state index in [1.807, 2.05) is 18.2 Å². The van der Waals surface area contributed by atoms with Crippen LogP contribution in [0.4, 0.5) is 0 Å². The summed E-state index contributed by atoms with van der Waals surface area (Å²) in [6.07, 6.45) is 4.88. The number of rotatable bonds is 9. The summed E-state index contributed by atoms with van der Waals surface area (Å²) in [5.74, 6) is 0.841. The van der Waals surface area contributed by atoms with E-state index >= 15 is 0 Å². The number of carbonyl (C=O) groups excluding carboxylic acids is 1. The van der Waals surface area contributed by atoms with Crippen LogP contribution in [0.3, 0.4) is 0 Å². The summed E-state index contributed by atoms with van der Waals surface area (Å²) in [5.41, 5.74) is 0.704. The zero-order chi connectivity index (χ0) is 13.2. The molecule has 0 aromatic heterocycles. The van der Waals surface area contributed by atoms with Gasteiger partial charge in [-0.2, -0.15) is 0 Å². The Morgan fingerprint density at radius 3 is 2.83 bits per heavy atom. The Labute approximate surface area is 110 Å². The van der Waals surface area contributed by atoms with E-state index in [2.05, 4.69) is 12.2 Å². The van der Waals surface area contributed by atoms with Crippen molar-refractivity contribution in [2.75, 3.05) is 20.2 Å². The van der Waals surface area contributed by atoms with E-state index in [4.69, 9.17) is 4.74 Å². The van der Waals surface area contributed by atoms with E-state index in [0.29, 0.717) is 12.1 Å². The molecule has 0 aliphatic rings. The number of unbranched alkanes of at least 4 members (excludes halogenated alkanes) is 3. The molecule has 0 radical (unpaired) electrons. The summed E-state index contributed by atoms with van der Waals surface area (Å²) >= 11 is 0. The first-order valence-electron chi connectivity index (χ1n) is 6.66. The minimum Gasteiger partial charge on any atom is -0.497 e. The Morgan fingerprint density at radius 1 is 1.28 bits per heavy atom. The standard InChI is InChI=1S/C15H23NO2/c1-3-4-5-6-10-16-12-15(17)13-8-7-9-14(11-13)18-2/h7-9,11,16H,3-6,10,12H2,1-2H3. The summed E-state index contributed by atoms with van der Waals surface area (Å²) in [5, 5.41) is 3.19. The van der Waals surface area contributed by atoms with Gasteiger partial charge in [0.1, 0.15) is 5.75 Å². The number of carbonyl (C=O) groups is 1. The molecule has 0 atom stereocenters. The smallest absolute Gasteiger partial charge is 0.176 e. The van der Waals surface area contributed by atoms with Gasteiger partial charge in [-0.1, -0.05) is 38.3 Å². The lowest BCUT2D eigenvalue weighted by atomic mass is 10.1. The van der Waals surface area contributed by atoms with Gasteiger partial charge in [0.05, 0.1) is 13.7 Å². The van der Waals surface area contributed by atoms with Crippen molar-refractivity contribution in [1.29, 1.82) is 0 Å². The lowest BCUT2D eigenvalue weighted by Gasteiger charge is -2.05. The summed E-state index contributed by atoms with van der Waals surface area (Å²) in [6.45, 7) is 3.51. The summed E-state index contributed by atoms with van der Waals surface area (Å²) < 4.78 is 5.10. The second-order valence-electron chi connectivity index (χ2n) is 4.39. The van der Waals surface area contributed by atoms with Crippen LogP contribution in [0.2, 0.25) is 0 Å². The van der Waals surface area contributed by atoms with Crippen LogP contribution in [-0.4, -0.2) is 26.0 Å². The van der Waals surface area contributed by atoms with Gasteiger partial charge in [0.2, 0.25) is 0 Å².